The van der Waals surface area contributed by atoms with Gasteiger partial charge in [0.1, 0.15) is 17.7 Å². The molecule has 7 heteroatoms. The van der Waals surface area contributed by atoms with Crippen molar-refractivity contribution in [2.24, 2.45) is 0 Å². The Morgan fingerprint density at radius 3 is 2.76 bits per heavy atom. The zero-order valence-corrected chi connectivity index (χ0v) is 15.9. The lowest BCUT2D eigenvalue weighted by Crippen LogP contribution is -2.35. The van der Waals surface area contributed by atoms with E-state index in [1.165, 1.54) is 19.2 Å². The van der Waals surface area contributed by atoms with Crippen molar-refractivity contribution in [1.29, 1.82) is 0 Å². The number of hydrogen-bond donors (Lipinski definition) is 1. The third-order valence-corrected chi connectivity index (χ3v) is 4.72. The number of amides is 1. The molecular weight excluding hydrogens is 373 g/mol. The summed E-state index contributed by atoms with van der Waals surface area (Å²) in [6, 6.07) is 15.7. The molecule has 0 fully saturated rings. The van der Waals surface area contributed by atoms with E-state index in [1.54, 1.807) is 12.1 Å². The van der Waals surface area contributed by atoms with Crippen LogP contribution in [0.1, 0.15) is 11.1 Å². The van der Waals surface area contributed by atoms with Gasteiger partial charge in [-0.05, 0) is 23.8 Å². The predicted molar refractivity (Wildman–Crippen MR) is 105 cm³/mol. The van der Waals surface area contributed by atoms with Gasteiger partial charge in [-0.2, -0.15) is 0 Å². The molecule has 2 heterocycles. The van der Waals surface area contributed by atoms with Gasteiger partial charge in [-0.1, -0.05) is 30.3 Å². The molecule has 6 nitrogen and oxygen atoms in total. The first-order chi connectivity index (χ1) is 14.1. The highest BCUT2D eigenvalue weighted by Gasteiger charge is 2.28. The van der Waals surface area contributed by atoms with E-state index >= 15 is 0 Å². The first kappa shape index (κ1) is 18.9. The van der Waals surface area contributed by atoms with Gasteiger partial charge in [0.15, 0.2) is 0 Å². The van der Waals surface area contributed by atoms with Crippen LogP contribution in [0.4, 0.5) is 4.39 Å². The number of nitrogens with one attached hydrogen (secondary N) is 1. The van der Waals surface area contributed by atoms with Crippen LogP contribution in [0.5, 0.6) is 11.6 Å². The van der Waals surface area contributed by atoms with Crippen LogP contribution in [-0.2, 0) is 17.6 Å². The summed E-state index contributed by atoms with van der Waals surface area (Å²) in [6.07, 6.45) is 0.549. The molecule has 2 aromatic carbocycles. The van der Waals surface area contributed by atoms with Crippen LogP contribution in [0.15, 0.2) is 54.6 Å². The van der Waals surface area contributed by atoms with Crippen molar-refractivity contribution in [3.05, 3.63) is 71.5 Å². The van der Waals surface area contributed by atoms with Crippen molar-refractivity contribution >= 4 is 5.91 Å². The zero-order valence-electron chi connectivity index (χ0n) is 15.9. The van der Waals surface area contributed by atoms with E-state index in [0.717, 1.165) is 11.1 Å². The van der Waals surface area contributed by atoms with Crippen molar-refractivity contribution in [3.63, 3.8) is 0 Å². The van der Waals surface area contributed by atoms with Gasteiger partial charge < -0.3 is 14.8 Å². The zero-order chi connectivity index (χ0) is 20.2. The monoisotopic (exact) mass is 393 g/mol. The molecule has 0 unspecified atom stereocenters. The van der Waals surface area contributed by atoms with Crippen LogP contribution >= 0.6 is 0 Å². The van der Waals surface area contributed by atoms with E-state index in [9.17, 15) is 9.18 Å². The number of methoxy groups -OCH3 is 1. The molecule has 0 saturated heterocycles. The molecular formula is C22H20FN3O3. The summed E-state index contributed by atoms with van der Waals surface area (Å²) in [4.78, 5) is 12.2. The minimum Gasteiger partial charge on any atom is -0.487 e. The number of rotatable bonds is 6. The third kappa shape index (κ3) is 4.34. The largest absolute Gasteiger partial charge is 0.487 e. The molecule has 1 aliphatic heterocycles. The summed E-state index contributed by atoms with van der Waals surface area (Å²) in [5.74, 6) is 0.506. The average molecular weight is 393 g/mol. The minimum atomic E-state index is -0.367. The van der Waals surface area contributed by atoms with Crippen molar-refractivity contribution in [2.75, 3.05) is 13.7 Å². The summed E-state index contributed by atoms with van der Waals surface area (Å²) in [5.41, 5.74) is 2.73. The van der Waals surface area contributed by atoms with E-state index in [2.05, 4.69) is 15.5 Å². The highest BCUT2D eigenvalue weighted by molar-refractivity contribution is 5.78. The maximum Gasteiger partial charge on any atom is 0.233 e. The molecule has 0 bridgehead atoms. The fraction of sp³-hybridized carbons (Fsp3) is 0.227. The highest BCUT2D eigenvalue weighted by atomic mass is 19.1. The smallest absolute Gasteiger partial charge is 0.233 e. The summed E-state index contributed by atoms with van der Waals surface area (Å²) < 4.78 is 25.2. The molecule has 1 atom stereocenters. The number of hydrogen-bond acceptors (Lipinski definition) is 5. The molecule has 4 rings (SSSR count). The van der Waals surface area contributed by atoms with Crippen molar-refractivity contribution < 1.29 is 18.7 Å². The Morgan fingerprint density at radius 1 is 1.21 bits per heavy atom. The van der Waals surface area contributed by atoms with Crippen molar-refractivity contribution in [1.82, 2.24) is 15.5 Å². The van der Waals surface area contributed by atoms with E-state index in [4.69, 9.17) is 9.47 Å². The van der Waals surface area contributed by atoms with Crippen LogP contribution in [0.25, 0.3) is 11.3 Å². The maximum absolute atomic E-state index is 14.1. The Morgan fingerprint density at radius 2 is 2.03 bits per heavy atom. The van der Waals surface area contributed by atoms with E-state index in [0.29, 0.717) is 42.3 Å². The molecule has 3 aromatic rings. The first-order valence-electron chi connectivity index (χ1n) is 9.30. The molecule has 1 amide bonds. The molecule has 0 radical (unpaired) electrons. The van der Waals surface area contributed by atoms with Crippen molar-refractivity contribution in [2.45, 2.75) is 18.9 Å². The molecule has 0 spiro atoms. The Kier molecular flexibility index (Phi) is 5.37. The average Bonchev–Trinajstić information content (AvgIpc) is 3.15. The van der Waals surface area contributed by atoms with Gasteiger partial charge in [0.25, 0.3) is 0 Å². The highest BCUT2D eigenvalue weighted by Crippen LogP contribution is 2.38. The third-order valence-electron chi connectivity index (χ3n) is 4.72. The fourth-order valence-corrected chi connectivity index (χ4v) is 3.34. The van der Waals surface area contributed by atoms with Gasteiger partial charge in [-0.25, -0.2) is 4.39 Å². The van der Waals surface area contributed by atoms with Gasteiger partial charge in [-0.15, -0.1) is 10.2 Å². The van der Waals surface area contributed by atoms with Gasteiger partial charge in [0.05, 0.1) is 25.8 Å². The number of aromatic nitrogens is 2. The Hall–Kier alpha value is -3.48. The fourth-order valence-electron chi connectivity index (χ4n) is 3.34. The second-order valence-electron chi connectivity index (χ2n) is 6.81. The quantitative estimate of drug-likeness (QED) is 0.697. The van der Waals surface area contributed by atoms with Gasteiger partial charge in [0.2, 0.25) is 11.8 Å². The molecule has 1 aliphatic rings. The number of benzene rings is 2. The second-order valence-corrected chi connectivity index (χ2v) is 6.81. The number of carbonyl (C=O) groups excluding carboxylic acids is 1. The van der Waals surface area contributed by atoms with Crippen LogP contribution in [0, 0.1) is 5.82 Å². The van der Waals surface area contributed by atoms with E-state index in [-0.39, 0.29) is 17.8 Å². The number of halogens is 1. The number of carbonyl (C=O) groups is 1. The predicted octanol–water partition coefficient (Wildman–Crippen LogP) is 2.95. The summed E-state index contributed by atoms with van der Waals surface area (Å²) in [5, 5.41) is 10.9. The maximum atomic E-state index is 14.1. The van der Waals surface area contributed by atoms with Crippen LogP contribution in [0.2, 0.25) is 0 Å². The molecule has 1 aromatic heterocycles. The van der Waals surface area contributed by atoms with E-state index in [1.807, 2.05) is 30.3 Å². The van der Waals surface area contributed by atoms with Crippen LogP contribution in [0.3, 0.4) is 0 Å². The lowest BCUT2D eigenvalue weighted by molar-refractivity contribution is -0.120. The van der Waals surface area contributed by atoms with E-state index < -0.39 is 0 Å². The number of ether oxygens (including phenoxy) is 2. The topological polar surface area (TPSA) is 73.3 Å². The Bertz CT molecular complexity index is 1010. The first-order valence-corrected chi connectivity index (χ1v) is 9.30. The molecule has 29 heavy (non-hydrogen) atoms. The minimum absolute atomic E-state index is 0.0804. The summed E-state index contributed by atoms with van der Waals surface area (Å²) in [7, 11) is 1.50. The van der Waals surface area contributed by atoms with Crippen LogP contribution < -0.4 is 14.8 Å². The summed E-state index contributed by atoms with van der Waals surface area (Å²) >= 11 is 0. The van der Waals surface area contributed by atoms with Gasteiger partial charge in [0, 0.05) is 23.6 Å². The molecule has 0 saturated carbocycles. The Labute approximate surface area is 167 Å². The number of nitrogens with zero attached hydrogens (tertiary/aromatic N) is 2. The molecule has 0 aliphatic carbocycles. The van der Waals surface area contributed by atoms with Gasteiger partial charge in [-0.3, -0.25) is 4.79 Å². The van der Waals surface area contributed by atoms with Gasteiger partial charge >= 0.3 is 0 Å². The number of fused-ring (bicyclic) bond motifs is 1. The standard InChI is InChI=1S/C22H20FN3O3/c1-28-21-8-7-19(25-26-21)18-12-16(23)10-15-11-17(29-22(15)18)13-24-20(27)9-14-5-3-2-4-6-14/h2-8,10,12,17H,9,11,13H2,1H3,(H,24,27)/t17-/m1/s1. The lowest BCUT2D eigenvalue weighted by atomic mass is 10.0. The SMILES string of the molecule is COc1ccc(-c2cc(F)cc3c2O[C@@H](CNC(=O)Cc2ccccc2)C3)nn1. The summed E-state index contributed by atoms with van der Waals surface area (Å²) in [6.45, 7) is 0.343. The normalized spacial score (nSPS) is 14.8. The second kappa shape index (κ2) is 8.26. The lowest BCUT2D eigenvalue weighted by Gasteiger charge is -2.13. The van der Waals surface area contributed by atoms with Crippen molar-refractivity contribution in [3.8, 4) is 22.9 Å². The molecule has 1 N–H and O–H groups in total. The Balaban J connectivity index is 1.44. The molecule has 148 valence electrons. The van der Waals surface area contributed by atoms with Crippen LogP contribution in [-0.4, -0.2) is 35.9 Å².